The van der Waals surface area contributed by atoms with Gasteiger partial charge in [0.1, 0.15) is 4.83 Å². The summed E-state index contributed by atoms with van der Waals surface area (Å²) in [6, 6.07) is 2.16. The van der Waals surface area contributed by atoms with E-state index < -0.39 is 0 Å². The van der Waals surface area contributed by atoms with Crippen LogP contribution in [-0.2, 0) is 6.54 Å². The Labute approximate surface area is 86.5 Å². The summed E-state index contributed by atoms with van der Waals surface area (Å²) >= 11 is 3.31. The fourth-order valence-electron chi connectivity index (χ4n) is 1.45. The molecule has 0 aliphatic heterocycles. The van der Waals surface area contributed by atoms with E-state index in [0.29, 0.717) is 0 Å². The molecule has 0 fully saturated rings. The Morgan fingerprint density at radius 1 is 1.62 bits per heavy atom. The molecule has 13 heavy (non-hydrogen) atoms. The number of nitrogens with zero attached hydrogens (tertiary/aromatic N) is 3. The molecule has 4 heteroatoms. The summed E-state index contributed by atoms with van der Waals surface area (Å²) in [6.07, 6.45) is 0. The normalized spacial score (nSPS) is 12.5. The zero-order valence-electron chi connectivity index (χ0n) is 8.00. The average molecular weight is 242 g/mol. The smallest absolute Gasteiger partial charge is 0.130 e. The fourth-order valence-corrected chi connectivity index (χ4v) is 2.11. The van der Waals surface area contributed by atoms with Crippen LogP contribution in [0, 0.1) is 25.2 Å². The van der Waals surface area contributed by atoms with Crippen molar-refractivity contribution in [3.63, 3.8) is 0 Å². The Balaban J connectivity index is 3.22. The van der Waals surface area contributed by atoms with Gasteiger partial charge in [-0.1, -0.05) is 15.9 Å². The van der Waals surface area contributed by atoms with E-state index in [2.05, 4.69) is 27.1 Å². The van der Waals surface area contributed by atoms with Crippen molar-refractivity contribution in [3.8, 4) is 6.07 Å². The quantitative estimate of drug-likeness (QED) is 0.747. The van der Waals surface area contributed by atoms with Crippen LogP contribution in [0.4, 0.5) is 0 Å². The first-order chi connectivity index (χ1) is 6.11. The summed E-state index contributed by atoms with van der Waals surface area (Å²) in [5.41, 5.74) is 3.01. The van der Waals surface area contributed by atoms with Gasteiger partial charge < -0.3 is 0 Å². The Bertz CT molecular complexity index is 348. The van der Waals surface area contributed by atoms with Crippen LogP contribution in [0.2, 0.25) is 0 Å². The monoisotopic (exact) mass is 241 g/mol. The highest BCUT2D eigenvalue weighted by atomic mass is 79.9. The number of aromatic nitrogens is 2. The number of rotatable bonds is 2. The van der Waals surface area contributed by atoms with Gasteiger partial charge >= 0.3 is 0 Å². The molecule has 0 aliphatic carbocycles. The summed E-state index contributed by atoms with van der Waals surface area (Å²) in [7, 11) is 0. The van der Waals surface area contributed by atoms with Gasteiger partial charge in [0.15, 0.2) is 0 Å². The molecule has 1 rings (SSSR count). The number of nitriles is 1. The van der Waals surface area contributed by atoms with Gasteiger partial charge in [0, 0.05) is 17.8 Å². The van der Waals surface area contributed by atoms with Crippen molar-refractivity contribution in [1.82, 2.24) is 9.78 Å². The Kier molecular flexibility index (Phi) is 3.10. The topological polar surface area (TPSA) is 41.6 Å². The Morgan fingerprint density at radius 3 is 2.62 bits per heavy atom. The molecule has 0 N–H and O–H groups in total. The molecule has 1 unspecified atom stereocenters. The lowest BCUT2D eigenvalue weighted by Crippen LogP contribution is -1.99. The second-order valence-electron chi connectivity index (χ2n) is 2.89. The van der Waals surface area contributed by atoms with Crippen molar-refractivity contribution in [2.75, 3.05) is 0 Å². The minimum absolute atomic E-state index is 0.243. The van der Waals surface area contributed by atoms with Crippen LogP contribution in [0.15, 0.2) is 0 Å². The summed E-state index contributed by atoms with van der Waals surface area (Å²) in [5, 5.41) is 13.1. The first-order valence-corrected chi connectivity index (χ1v) is 5.11. The van der Waals surface area contributed by atoms with Gasteiger partial charge in [-0.25, -0.2) is 0 Å². The minimum atomic E-state index is -0.243. The maximum absolute atomic E-state index is 8.79. The summed E-state index contributed by atoms with van der Waals surface area (Å²) in [6.45, 7) is 6.81. The SMILES string of the molecule is CCn1nc(C)c(C(Br)C#N)c1C. The largest absolute Gasteiger partial charge is 0.270 e. The third-order valence-electron chi connectivity index (χ3n) is 2.10. The molecule has 0 radical (unpaired) electrons. The van der Waals surface area contributed by atoms with Gasteiger partial charge in [0.05, 0.1) is 11.8 Å². The molecular weight excluding hydrogens is 230 g/mol. The van der Waals surface area contributed by atoms with E-state index in [0.717, 1.165) is 23.5 Å². The van der Waals surface area contributed by atoms with E-state index in [9.17, 15) is 0 Å². The van der Waals surface area contributed by atoms with Crippen molar-refractivity contribution in [2.45, 2.75) is 32.1 Å². The minimum Gasteiger partial charge on any atom is -0.270 e. The van der Waals surface area contributed by atoms with E-state index in [1.54, 1.807) is 0 Å². The number of hydrogen-bond donors (Lipinski definition) is 0. The molecule has 70 valence electrons. The molecule has 0 amide bonds. The van der Waals surface area contributed by atoms with Crippen molar-refractivity contribution in [3.05, 3.63) is 17.0 Å². The van der Waals surface area contributed by atoms with Gasteiger partial charge in [-0.15, -0.1) is 0 Å². The van der Waals surface area contributed by atoms with Crippen molar-refractivity contribution < 1.29 is 0 Å². The third kappa shape index (κ3) is 1.75. The van der Waals surface area contributed by atoms with Crippen LogP contribution >= 0.6 is 15.9 Å². The first kappa shape index (κ1) is 10.3. The van der Waals surface area contributed by atoms with Crippen LogP contribution in [-0.4, -0.2) is 9.78 Å². The number of halogens is 1. The van der Waals surface area contributed by atoms with Gasteiger partial charge in [-0.3, -0.25) is 4.68 Å². The van der Waals surface area contributed by atoms with Gasteiger partial charge in [-0.2, -0.15) is 10.4 Å². The van der Waals surface area contributed by atoms with Crippen molar-refractivity contribution in [1.29, 1.82) is 5.26 Å². The van der Waals surface area contributed by atoms with Gasteiger partial charge in [0.2, 0.25) is 0 Å². The summed E-state index contributed by atoms with van der Waals surface area (Å²) < 4.78 is 1.91. The van der Waals surface area contributed by atoms with Gasteiger partial charge in [0.25, 0.3) is 0 Å². The van der Waals surface area contributed by atoms with Crippen molar-refractivity contribution >= 4 is 15.9 Å². The molecule has 0 saturated carbocycles. The lowest BCUT2D eigenvalue weighted by atomic mass is 10.1. The fraction of sp³-hybridized carbons (Fsp3) is 0.556. The molecule has 0 spiro atoms. The molecule has 0 aromatic carbocycles. The molecule has 0 aliphatic rings. The van der Waals surface area contributed by atoms with E-state index in [4.69, 9.17) is 5.26 Å². The maximum Gasteiger partial charge on any atom is 0.130 e. The molecule has 1 aromatic rings. The van der Waals surface area contributed by atoms with Crippen molar-refractivity contribution in [2.24, 2.45) is 0 Å². The second-order valence-corrected chi connectivity index (χ2v) is 3.81. The highest BCUT2D eigenvalue weighted by molar-refractivity contribution is 9.09. The second kappa shape index (κ2) is 3.93. The van der Waals surface area contributed by atoms with Crippen LogP contribution < -0.4 is 0 Å². The van der Waals surface area contributed by atoms with E-state index in [-0.39, 0.29) is 4.83 Å². The molecule has 1 heterocycles. The number of alkyl halides is 1. The van der Waals surface area contributed by atoms with Crippen LogP contribution in [0.3, 0.4) is 0 Å². The summed E-state index contributed by atoms with van der Waals surface area (Å²) in [5.74, 6) is 0. The molecule has 0 saturated heterocycles. The Morgan fingerprint density at radius 2 is 2.23 bits per heavy atom. The van der Waals surface area contributed by atoms with Gasteiger partial charge in [-0.05, 0) is 20.8 Å². The molecule has 1 atom stereocenters. The molecule has 0 bridgehead atoms. The zero-order valence-corrected chi connectivity index (χ0v) is 9.59. The molecule has 3 nitrogen and oxygen atoms in total. The van der Waals surface area contributed by atoms with E-state index in [1.807, 2.05) is 25.5 Å². The predicted molar refractivity (Wildman–Crippen MR) is 54.7 cm³/mol. The summed E-state index contributed by atoms with van der Waals surface area (Å²) in [4.78, 5) is -0.243. The standard InChI is InChI=1S/C9H12BrN3/c1-4-13-7(3)9(6(2)12-13)8(10)5-11/h8H,4H2,1-3H3. The Hall–Kier alpha value is -0.820. The number of hydrogen-bond acceptors (Lipinski definition) is 2. The maximum atomic E-state index is 8.79. The third-order valence-corrected chi connectivity index (χ3v) is 2.77. The van der Waals surface area contributed by atoms with E-state index in [1.165, 1.54) is 0 Å². The average Bonchev–Trinajstić information content (AvgIpc) is 2.40. The van der Waals surface area contributed by atoms with Crippen LogP contribution in [0.1, 0.15) is 28.7 Å². The van der Waals surface area contributed by atoms with Crippen LogP contribution in [0.5, 0.6) is 0 Å². The van der Waals surface area contributed by atoms with Crippen LogP contribution in [0.25, 0.3) is 0 Å². The van der Waals surface area contributed by atoms with E-state index >= 15 is 0 Å². The highest BCUT2D eigenvalue weighted by Crippen LogP contribution is 2.27. The zero-order chi connectivity index (χ0) is 10.0. The lowest BCUT2D eigenvalue weighted by Gasteiger charge is -2.02. The first-order valence-electron chi connectivity index (χ1n) is 4.19. The molecule has 1 aromatic heterocycles. The number of aryl methyl sites for hydroxylation is 2. The highest BCUT2D eigenvalue weighted by Gasteiger charge is 2.17. The lowest BCUT2D eigenvalue weighted by molar-refractivity contribution is 0.633. The molecular formula is C9H12BrN3. The predicted octanol–water partition coefficient (Wildman–Crippen LogP) is 2.48.